The molecule has 3 aromatic heterocycles. The van der Waals surface area contributed by atoms with Gasteiger partial charge in [-0.15, -0.1) is 0 Å². The molecule has 13 nitrogen and oxygen atoms in total. The van der Waals surface area contributed by atoms with Crippen LogP contribution in [-0.4, -0.2) is 112 Å². The Morgan fingerprint density at radius 2 is 1.84 bits per heavy atom. The molecule has 14 heteroatoms. The predicted octanol–water partition coefficient (Wildman–Crippen LogP) is 7.88. The van der Waals surface area contributed by atoms with E-state index in [4.69, 9.17) is 28.9 Å². The molecule has 1 amide bonds. The zero-order valence-corrected chi connectivity index (χ0v) is 36.8. The van der Waals surface area contributed by atoms with E-state index in [1.165, 1.54) is 0 Å². The second kappa shape index (κ2) is 17.6. The highest BCUT2D eigenvalue weighted by Crippen LogP contribution is 2.40. The summed E-state index contributed by atoms with van der Waals surface area (Å²) in [7, 11) is 0. The van der Waals surface area contributed by atoms with Gasteiger partial charge >= 0.3 is 6.01 Å². The first-order valence-corrected chi connectivity index (χ1v) is 22.8. The fraction of sp³-hybridized carbons (Fsp3) is 0.562. The SMILES string of the molecule is CCc1cccc2cc(O)cc(-c3ncc4c(N5CC6CCC(C5)N6)nc(OCCN5CCC(C)(CCOc6cc(C(C(=O)N7CCC[C@H]7C)C(C)C)on6)CC5)nc4c3F)c12. The lowest BCUT2D eigenvalue weighted by Crippen LogP contribution is -2.51. The van der Waals surface area contributed by atoms with Crippen LogP contribution in [0.15, 0.2) is 47.1 Å². The number of aromatic hydroxyl groups is 1. The summed E-state index contributed by atoms with van der Waals surface area (Å²) in [6, 6.07) is 12.1. The van der Waals surface area contributed by atoms with Gasteiger partial charge in [-0.05, 0) is 116 Å². The van der Waals surface area contributed by atoms with E-state index in [2.05, 4.69) is 41.0 Å². The van der Waals surface area contributed by atoms with Crippen LogP contribution in [0.1, 0.15) is 96.8 Å². The third-order valence-corrected chi connectivity index (χ3v) is 14.1. The fourth-order valence-electron chi connectivity index (χ4n) is 10.4. The van der Waals surface area contributed by atoms with Crippen molar-refractivity contribution < 1.29 is 28.3 Å². The number of benzene rings is 2. The van der Waals surface area contributed by atoms with Crippen molar-refractivity contribution in [3.63, 3.8) is 0 Å². The van der Waals surface area contributed by atoms with Gasteiger partial charge in [-0.2, -0.15) is 9.97 Å². The number of phenolic OH excluding ortho intramolecular Hbond substituents is 1. The molecule has 2 aromatic carbocycles. The largest absolute Gasteiger partial charge is 0.508 e. The van der Waals surface area contributed by atoms with Gasteiger partial charge < -0.3 is 34.2 Å². The summed E-state index contributed by atoms with van der Waals surface area (Å²) >= 11 is 0. The van der Waals surface area contributed by atoms with Gasteiger partial charge in [0.05, 0.1) is 12.0 Å². The van der Waals surface area contributed by atoms with Crippen LogP contribution in [0.5, 0.6) is 17.6 Å². The van der Waals surface area contributed by atoms with Gasteiger partial charge in [0.25, 0.3) is 5.88 Å². The second-order valence-corrected chi connectivity index (χ2v) is 18.8. The van der Waals surface area contributed by atoms with Crippen molar-refractivity contribution >= 4 is 33.4 Å². The first kappa shape index (κ1) is 42.2. The number of piperidine rings is 1. The summed E-state index contributed by atoms with van der Waals surface area (Å²) in [4.78, 5) is 34.4. The number of amides is 1. The number of fused-ring (bicyclic) bond motifs is 4. The molecule has 0 aliphatic carbocycles. The average Bonchev–Trinajstić information content (AvgIpc) is 4.00. The topological polar surface area (TPSA) is 142 Å². The number of piperazine rings is 1. The minimum atomic E-state index is -0.558. The second-order valence-electron chi connectivity index (χ2n) is 18.8. The molecule has 2 N–H and O–H groups in total. The van der Waals surface area contributed by atoms with E-state index < -0.39 is 5.82 Å². The van der Waals surface area contributed by atoms with Crippen LogP contribution >= 0.6 is 0 Å². The molecule has 0 saturated carbocycles. The average molecular weight is 849 g/mol. The lowest BCUT2D eigenvalue weighted by atomic mass is 9.78. The molecule has 4 saturated heterocycles. The van der Waals surface area contributed by atoms with Crippen molar-refractivity contribution in [2.24, 2.45) is 11.3 Å². The van der Waals surface area contributed by atoms with Crippen LogP contribution in [0, 0.1) is 17.2 Å². The number of likely N-dealkylation sites (tertiary alicyclic amines) is 2. The van der Waals surface area contributed by atoms with E-state index in [9.17, 15) is 9.90 Å². The van der Waals surface area contributed by atoms with Gasteiger partial charge in [-0.25, -0.2) is 4.39 Å². The molecule has 0 spiro atoms. The van der Waals surface area contributed by atoms with Crippen molar-refractivity contribution in [3.8, 4) is 28.9 Å². The Balaban J connectivity index is 0.851. The van der Waals surface area contributed by atoms with Gasteiger partial charge in [-0.3, -0.25) is 14.7 Å². The quantitative estimate of drug-likeness (QED) is 0.112. The zero-order chi connectivity index (χ0) is 43.1. The third-order valence-electron chi connectivity index (χ3n) is 14.1. The molecule has 2 bridgehead atoms. The predicted molar refractivity (Wildman–Crippen MR) is 237 cm³/mol. The van der Waals surface area contributed by atoms with Gasteiger partial charge in [-0.1, -0.05) is 45.9 Å². The number of carbonyl (C=O) groups excluding carboxylic acids is 1. The van der Waals surface area contributed by atoms with Crippen molar-refractivity contribution in [3.05, 3.63) is 59.7 Å². The van der Waals surface area contributed by atoms with Gasteiger partial charge in [0.2, 0.25) is 5.91 Å². The summed E-state index contributed by atoms with van der Waals surface area (Å²) in [6.07, 6.45) is 9.58. The molecular weight excluding hydrogens is 788 g/mol. The van der Waals surface area contributed by atoms with Crippen LogP contribution in [0.4, 0.5) is 10.2 Å². The van der Waals surface area contributed by atoms with Crippen LogP contribution in [0.25, 0.3) is 32.9 Å². The highest BCUT2D eigenvalue weighted by Gasteiger charge is 2.37. The number of pyridine rings is 1. The number of carbonyl (C=O) groups is 1. The lowest BCUT2D eigenvalue weighted by molar-refractivity contribution is -0.134. The number of ether oxygens (including phenoxy) is 2. The van der Waals surface area contributed by atoms with E-state index in [1.54, 1.807) is 24.4 Å². The Morgan fingerprint density at radius 1 is 1.05 bits per heavy atom. The summed E-state index contributed by atoms with van der Waals surface area (Å²) in [5, 5.41) is 20.8. The van der Waals surface area contributed by atoms with Crippen LogP contribution in [0.3, 0.4) is 0 Å². The highest BCUT2D eigenvalue weighted by molar-refractivity contribution is 6.01. The maximum Gasteiger partial charge on any atom is 0.319 e. The number of aromatic nitrogens is 4. The Morgan fingerprint density at radius 3 is 2.56 bits per heavy atom. The van der Waals surface area contributed by atoms with Crippen LogP contribution < -0.4 is 19.7 Å². The van der Waals surface area contributed by atoms with E-state index in [0.29, 0.717) is 60.2 Å². The van der Waals surface area contributed by atoms with E-state index in [0.717, 1.165) is 100 Å². The van der Waals surface area contributed by atoms with Crippen molar-refractivity contribution in [2.45, 2.75) is 110 Å². The number of halogens is 1. The van der Waals surface area contributed by atoms with Crippen molar-refractivity contribution in [2.75, 3.05) is 57.4 Å². The third kappa shape index (κ3) is 8.52. The van der Waals surface area contributed by atoms with Crippen molar-refractivity contribution in [1.82, 2.24) is 35.2 Å². The van der Waals surface area contributed by atoms with Crippen LogP contribution in [0.2, 0.25) is 0 Å². The number of nitrogens with one attached hydrogen (secondary N) is 1. The smallest absolute Gasteiger partial charge is 0.319 e. The molecule has 7 heterocycles. The number of hydrogen-bond donors (Lipinski definition) is 2. The monoisotopic (exact) mass is 848 g/mol. The minimum absolute atomic E-state index is 0.0508. The molecule has 0 radical (unpaired) electrons. The van der Waals surface area contributed by atoms with Crippen molar-refractivity contribution in [1.29, 1.82) is 0 Å². The van der Waals surface area contributed by atoms with Gasteiger partial charge in [0.15, 0.2) is 11.6 Å². The Labute approximate surface area is 363 Å². The molecule has 5 aromatic rings. The summed E-state index contributed by atoms with van der Waals surface area (Å²) < 4.78 is 35.1. The summed E-state index contributed by atoms with van der Waals surface area (Å²) in [5.41, 5.74) is 1.99. The Hall–Kier alpha value is -5.08. The molecule has 4 atom stereocenters. The van der Waals surface area contributed by atoms with E-state index in [-0.39, 0.29) is 52.2 Å². The molecule has 330 valence electrons. The molecule has 4 fully saturated rings. The maximum absolute atomic E-state index is 17.0. The van der Waals surface area contributed by atoms with Gasteiger partial charge in [0.1, 0.15) is 35.3 Å². The Bertz CT molecular complexity index is 2400. The molecule has 9 rings (SSSR count). The first-order valence-electron chi connectivity index (χ1n) is 22.8. The van der Waals surface area contributed by atoms with Crippen LogP contribution in [-0.2, 0) is 11.2 Å². The molecule has 4 aliphatic rings. The highest BCUT2D eigenvalue weighted by atomic mass is 19.1. The number of nitrogens with zero attached hydrogens (tertiary/aromatic N) is 7. The maximum atomic E-state index is 17.0. The number of hydrogen-bond acceptors (Lipinski definition) is 12. The van der Waals surface area contributed by atoms with E-state index in [1.807, 2.05) is 36.9 Å². The van der Waals surface area contributed by atoms with Gasteiger partial charge in [0, 0.05) is 62.1 Å². The molecule has 4 aliphatic heterocycles. The number of aryl methyl sites for hydroxylation is 1. The fourth-order valence-corrected chi connectivity index (χ4v) is 10.4. The molecule has 3 unspecified atom stereocenters. The lowest BCUT2D eigenvalue weighted by Gasteiger charge is -2.39. The first-order chi connectivity index (χ1) is 30.0. The minimum Gasteiger partial charge on any atom is -0.508 e. The zero-order valence-electron chi connectivity index (χ0n) is 36.8. The number of anilines is 1. The molecule has 62 heavy (non-hydrogen) atoms. The standard InChI is InChI=1S/C48H61FN8O5/c1-6-31-10-7-11-32-23-35(58)24-36(41(31)32)43-42(49)44-37(26-50-43)45(56-27-33-12-13-34(28-56)51-33)53-47(52-44)61-22-20-55-18-14-48(5,15-19-55)16-21-60-39-25-38(62-54-39)40(29(2)3)46(59)57-17-8-9-30(57)4/h7,10-11,23-26,29-30,33-34,40,51,58H,6,8-9,12-22,27-28H2,1-5H3/t30-,33?,34?,40?/m1/s1. The molecular formula is C48H61FN8O5. The van der Waals surface area contributed by atoms with E-state index >= 15 is 4.39 Å². The number of rotatable bonds is 14. The summed E-state index contributed by atoms with van der Waals surface area (Å²) in [5.74, 6) is 0.949. The Kier molecular flexibility index (Phi) is 12.0. The summed E-state index contributed by atoms with van der Waals surface area (Å²) in [6.45, 7) is 16.3. The number of phenols is 1. The normalized spacial score (nSPS) is 22.0.